The number of para-hydroxylation sites is 1. The molecule has 1 amide bonds. The second-order valence-corrected chi connectivity index (χ2v) is 4.48. The van der Waals surface area contributed by atoms with Crippen LogP contribution in [0.15, 0.2) is 53.6 Å². The van der Waals surface area contributed by atoms with E-state index in [0.717, 1.165) is 0 Å². The minimum atomic E-state index is -0.492. The fourth-order valence-electron chi connectivity index (χ4n) is 1.88. The zero-order chi connectivity index (χ0) is 16.7. The molecule has 0 heterocycles. The molecule has 7 heteroatoms. The Hall–Kier alpha value is -3.22. The Morgan fingerprint density at radius 2 is 2.09 bits per heavy atom. The van der Waals surface area contributed by atoms with E-state index in [1.54, 1.807) is 36.4 Å². The first-order chi connectivity index (χ1) is 11.1. The van der Waals surface area contributed by atoms with Crippen molar-refractivity contribution in [2.24, 2.45) is 5.10 Å². The molecular weight excluding hydrogens is 298 g/mol. The summed E-state index contributed by atoms with van der Waals surface area (Å²) in [5.41, 5.74) is 3.21. The first-order valence-electron chi connectivity index (χ1n) is 6.91. The molecular formula is C16H15N3O4. The van der Waals surface area contributed by atoms with Crippen LogP contribution < -0.4 is 10.2 Å². The normalized spacial score (nSPS) is 10.5. The summed E-state index contributed by atoms with van der Waals surface area (Å²) in [5.74, 6) is 0.0498. The van der Waals surface area contributed by atoms with E-state index in [9.17, 15) is 14.9 Å². The lowest BCUT2D eigenvalue weighted by atomic mass is 10.2. The van der Waals surface area contributed by atoms with Crippen molar-refractivity contribution in [2.75, 3.05) is 6.61 Å². The number of carbonyl (C=O) groups is 1. The van der Waals surface area contributed by atoms with Gasteiger partial charge < -0.3 is 4.74 Å². The van der Waals surface area contributed by atoms with Crippen LogP contribution >= 0.6 is 0 Å². The van der Waals surface area contributed by atoms with Gasteiger partial charge in [-0.1, -0.05) is 24.3 Å². The number of hydrazone groups is 1. The summed E-state index contributed by atoms with van der Waals surface area (Å²) in [4.78, 5) is 22.3. The number of ether oxygens (including phenoxy) is 1. The van der Waals surface area contributed by atoms with E-state index in [-0.39, 0.29) is 5.69 Å². The van der Waals surface area contributed by atoms with Gasteiger partial charge in [0.1, 0.15) is 5.75 Å². The predicted octanol–water partition coefficient (Wildman–Crippen LogP) is 2.76. The Morgan fingerprint density at radius 1 is 1.30 bits per heavy atom. The maximum Gasteiger partial charge on any atom is 0.275 e. The SMILES string of the molecule is CCOc1ccccc1C(=O)N/N=C\c1cccc([N+](=O)[O-])c1. The smallest absolute Gasteiger partial charge is 0.275 e. The molecule has 2 aromatic rings. The molecule has 0 aliphatic heterocycles. The number of nitro benzene ring substituents is 1. The zero-order valence-electron chi connectivity index (χ0n) is 12.4. The van der Waals surface area contributed by atoms with Gasteiger partial charge in [0.05, 0.1) is 23.3 Å². The fraction of sp³-hybridized carbons (Fsp3) is 0.125. The van der Waals surface area contributed by atoms with Crippen LogP contribution in [0.2, 0.25) is 0 Å². The highest BCUT2D eigenvalue weighted by atomic mass is 16.6. The minimum absolute atomic E-state index is 0.0398. The highest BCUT2D eigenvalue weighted by Gasteiger charge is 2.10. The second kappa shape index (κ2) is 7.69. The molecule has 7 nitrogen and oxygen atoms in total. The Bertz CT molecular complexity index is 744. The summed E-state index contributed by atoms with van der Waals surface area (Å²) in [6.07, 6.45) is 1.34. The van der Waals surface area contributed by atoms with E-state index in [4.69, 9.17) is 4.74 Å². The maximum atomic E-state index is 12.1. The number of benzene rings is 2. The van der Waals surface area contributed by atoms with Gasteiger partial charge in [0.2, 0.25) is 0 Å². The van der Waals surface area contributed by atoms with E-state index in [1.807, 2.05) is 6.92 Å². The molecule has 2 rings (SSSR count). The largest absolute Gasteiger partial charge is 0.493 e. The molecule has 0 aliphatic rings. The van der Waals surface area contributed by atoms with E-state index < -0.39 is 10.8 Å². The van der Waals surface area contributed by atoms with Crippen LogP contribution in [0.3, 0.4) is 0 Å². The molecule has 23 heavy (non-hydrogen) atoms. The summed E-state index contributed by atoms with van der Waals surface area (Å²) < 4.78 is 5.38. The molecule has 0 atom stereocenters. The molecule has 118 valence electrons. The van der Waals surface area contributed by atoms with Gasteiger partial charge in [-0.15, -0.1) is 0 Å². The molecule has 0 spiro atoms. The number of rotatable bonds is 6. The quantitative estimate of drug-likeness (QED) is 0.504. The third kappa shape index (κ3) is 4.37. The van der Waals surface area contributed by atoms with Gasteiger partial charge in [-0.05, 0) is 19.1 Å². The average Bonchev–Trinajstić information content (AvgIpc) is 2.56. The number of nitrogens with one attached hydrogen (secondary N) is 1. The van der Waals surface area contributed by atoms with Crippen molar-refractivity contribution >= 4 is 17.8 Å². The van der Waals surface area contributed by atoms with Crippen molar-refractivity contribution in [1.82, 2.24) is 5.43 Å². The molecule has 0 saturated carbocycles. The standard InChI is InChI=1S/C16H15N3O4/c1-2-23-15-9-4-3-8-14(15)16(20)18-17-11-12-6-5-7-13(10-12)19(21)22/h3-11H,2H2,1H3,(H,18,20)/b17-11-. The minimum Gasteiger partial charge on any atom is -0.493 e. The van der Waals surface area contributed by atoms with Crippen molar-refractivity contribution < 1.29 is 14.5 Å². The number of nitrogens with zero attached hydrogens (tertiary/aromatic N) is 2. The average molecular weight is 313 g/mol. The van der Waals surface area contributed by atoms with Gasteiger partial charge in [0, 0.05) is 17.7 Å². The lowest BCUT2D eigenvalue weighted by Gasteiger charge is -2.08. The van der Waals surface area contributed by atoms with Gasteiger partial charge in [-0.3, -0.25) is 14.9 Å². The Balaban J connectivity index is 2.07. The Morgan fingerprint density at radius 3 is 2.83 bits per heavy atom. The molecule has 0 unspecified atom stereocenters. The molecule has 0 bridgehead atoms. The molecule has 0 fully saturated rings. The van der Waals surface area contributed by atoms with Crippen LogP contribution in [0, 0.1) is 10.1 Å². The number of non-ortho nitro benzene ring substituents is 1. The van der Waals surface area contributed by atoms with E-state index in [0.29, 0.717) is 23.5 Å². The first kappa shape index (κ1) is 16.2. The van der Waals surface area contributed by atoms with E-state index >= 15 is 0 Å². The fourth-order valence-corrected chi connectivity index (χ4v) is 1.88. The number of hydrogen-bond donors (Lipinski definition) is 1. The zero-order valence-corrected chi connectivity index (χ0v) is 12.4. The molecule has 0 radical (unpaired) electrons. The van der Waals surface area contributed by atoms with Crippen LogP contribution in [-0.2, 0) is 0 Å². The predicted molar refractivity (Wildman–Crippen MR) is 85.8 cm³/mol. The number of amides is 1. The topological polar surface area (TPSA) is 93.8 Å². The van der Waals surface area contributed by atoms with Crippen molar-refractivity contribution in [1.29, 1.82) is 0 Å². The van der Waals surface area contributed by atoms with Gasteiger partial charge in [-0.2, -0.15) is 5.10 Å². The van der Waals surface area contributed by atoms with Gasteiger partial charge in [-0.25, -0.2) is 5.43 Å². The van der Waals surface area contributed by atoms with Crippen LogP contribution in [-0.4, -0.2) is 23.7 Å². The van der Waals surface area contributed by atoms with Crippen LogP contribution in [0.4, 0.5) is 5.69 Å². The molecule has 0 aromatic heterocycles. The van der Waals surface area contributed by atoms with Gasteiger partial charge in [0.15, 0.2) is 0 Å². The monoisotopic (exact) mass is 313 g/mol. The summed E-state index contributed by atoms with van der Waals surface area (Å²) in [6.45, 7) is 2.27. The van der Waals surface area contributed by atoms with Crippen molar-refractivity contribution in [3.63, 3.8) is 0 Å². The Labute approximate surface area is 132 Å². The van der Waals surface area contributed by atoms with Crippen molar-refractivity contribution in [3.8, 4) is 5.75 Å². The lowest BCUT2D eigenvalue weighted by Crippen LogP contribution is -2.18. The summed E-state index contributed by atoms with van der Waals surface area (Å²) in [6, 6.07) is 12.8. The number of hydrogen-bond acceptors (Lipinski definition) is 5. The lowest BCUT2D eigenvalue weighted by molar-refractivity contribution is -0.384. The van der Waals surface area contributed by atoms with Crippen LogP contribution in [0.25, 0.3) is 0 Å². The summed E-state index contributed by atoms with van der Waals surface area (Å²) in [5, 5.41) is 14.5. The van der Waals surface area contributed by atoms with Crippen molar-refractivity contribution in [2.45, 2.75) is 6.92 Å². The molecule has 0 saturated heterocycles. The number of carbonyl (C=O) groups excluding carboxylic acids is 1. The first-order valence-corrected chi connectivity index (χ1v) is 6.91. The van der Waals surface area contributed by atoms with Gasteiger partial charge >= 0.3 is 0 Å². The van der Waals surface area contributed by atoms with Crippen LogP contribution in [0.1, 0.15) is 22.8 Å². The van der Waals surface area contributed by atoms with Gasteiger partial charge in [0.25, 0.3) is 11.6 Å². The third-order valence-corrected chi connectivity index (χ3v) is 2.89. The number of nitro groups is 1. The van der Waals surface area contributed by atoms with E-state index in [1.165, 1.54) is 18.3 Å². The van der Waals surface area contributed by atoms with E-state index in [2.05, 4.69) is 10.5 Å². The molecule has 0 aliphatic carbocycles. The molecule has 1 N–H and O–H groups in total. The Kier molecular flexibility index (Phi) is 5.40. The van der Waals surface area contributed by atoms with Crippen LogP contribution in [0.5, 0.6) is 5.75 Å². The van der Waals surface area contributed by atoms with Crippen molar-refractivity contribution in [3.05, 3.63) is 69.8 Å². The highest BCUT2D eigenvalue weighted by molar-refractivity contribution is 5.97. The second-order valence-electron chi connectivity index (χ2n) is 4.48. The third-order valence-electron chi connectivity index (χ3n) is 2.89. The maximum absolute atomic E-state index is 12.1. The summed E-state index contributed by atoms with van der Waals surface area (Å²) in [7, 11) is 0. The summed E-state index contributed by atoms with van der Waals surface area (Å²) >= 11 is 0. The highest BCUT2D eigenvalue weighted by Crippen LogP contribution is 2.17. The molecule has 2 aromatic carbocycles.